The molecule has 0 amide bonds. The van der Waals surface area contributed by atoms with Crippen molar-refractivity contribution in [3.63, 3.8) is 0 Å². The van der Waals surface area contributed by atoms with Gasteiger partial charge in [0.15, 0.2) is 0 Å². The first kappa shape index (κ1) is 16.7. The Kier molecular flexibility index (Phi) is 7.28. The van der Waals surface area contributed by atoms with Crippen molar-refractivity contribution in [3.05, 3.63) is 35.1 Å². The van der Waals surface area contributed by atoms with Gasteiger partial charge in [0.2, 0.25) is 0 Å². The van der Waals surface area contributed by atoms with Gasteiger partial charge in [0, 0.05) is 24.6 Å². The summed E-state index contributed by atoms with van der Waals surface area (Å²) >= 11 is 0. The summed E-state index contributed by atoms with van der Waals surface area (Å²) in [5, 5.41) is 8.70. The summed E-state index contributed by atoms with van der Waals surface area (Å²) in [6.07, 6.45) is 2.70. The molecule has 1 aromatic carbocycles. The maximum Gasteiger partial charge on any atom is 0.124 e. The first-order valence-electron chi connectivity index (χ1n) is 7.16. The van der Waals surface area contributed by atoms with E-state index in [9.17, 15) is 4.39 Å². The Morgan fingerprint density at radius 3 is 2.75 bits per heavy atom. The minimum absolute atomic E-state index is 0.0342. The number of aliphatic hydroxyl groups excluding tert-OH is 1. The Bertz CT molecular complexity index is 476. The van der Waals surface area contributed by atoms with Crippen LogP contribution in [0.3, 0.4) is 0 Å². The highest BCUT2D eigenvalue weighted by Gasteiger charge is 2.09. The van der Waals surface area contributed by atoms with Gasteiger partial charge in [0.1, 0.15) is 5.82 Å². The summed E-state index contributed by atoms with van der Waals surface area (Å²) in [7, 11) is 2.06. The van der Waals surface area contributed by atoms with Gasteiger partial charge >= 0.3 is 0 Å². The molecular formula is C17H24FNO. The molecule has 1 unspecified atom stereocenters. The van der Waals surface area contributed by atoms with Crippen LogP contribution < -0.4 is 0 Å². The van der Waals surface area contributed by atoms with E-state index < -0.39 is 0 Å². The van der Waals surface area contributed by atoms with Crippen molar-refractivity contribution in [2.45, 2.75) is 45.7 Å². The topological polar surface area (TPSA) is 23.5 Å². The molecule has 20 heavy (non-hydrogen) atoms. The van der Waals surface area contributed by atoms with Gasteiger partial charge in [0.25, 0.3) is 0 Å². The van der Waals surface area contributed by atoms with Crippen LogP contribution in [0, 0.1) is 17.7 Å². The lowest BCUT2D eigenvalue weighted by molar-refractivity contribution is 0.236. The summed E-state index contributed by atoms with van der Waals surface area (Å²) in [5.41, 5.74) is 1.61. The van der Waals surface area contributed by atoms with Gasteiger partial charge in [-0.15, -0.1) is 0 Å². The first-order chi connectivity index (χ1) is 9.56. The zero-order valence-electron chi connectivity index (χ0n) is 12.6. The molecule has 1 atom stereocenters. The Morgan fingerprint density at radius 1 is 1.35 bits per heavy atom. The number of hydrogen-bond donors (Lipinski definition) is 1. The zero-order chi connectivity index (χ0) is 15.0. The lowest BCUT2D eigenvalue weighted by Crippen LogP contribution is -2.28. The molecule has 1 rings (SSSR count). The number of aliphatic hydroxyl groups is 1. The number of hydrogen-bond acceptors (Lipinski definition) is 2. The van der Waals surface area contributed by atoms with E-state index in [1.165, 1.54) is 6.07 Å². The summed E-state index contributed by atoms with van der Waals surface area (Å²) in [5.74, 6) is 5.45. The molecule has 1 aromatic rings. The molecule has 0 spiro atoms. The molecule has 0 aliphatic rings. The molecule has 0 fully saturated rings. The molecule has 0 aliphatic carbocycles. The Balaban J connectivity index is 2.78. The quantitative estimate of drug-likeness (QED) is 0.807. The SMILES string of the molecule is CCCC(C)N(C)Cc1cc(F)cc(C#CCCO)c1. The van der Waals surface area contributed by atoms with Gasteiger partial charge < -0.3 is 5.11 Å². The molecule has 1 N–H and O–H groups in total. The standard InChI is InChI=1S/C17H24FNO/c1-4-7-14(2)19(3)13-16-10-15(8-5-6-9-20)11-17(18)12-16/h10-12,14,20H,4,6-7,9,13H2,1-3H3. The van der Waals surface area contributed by atoms with Gasteiger partial charge in [-0.2, -0.15) is 0 Å². The molecule has 0 heterocycles. The van der Waals surface area contributed by atoms with Crippen molar-refractivity contribution in [3.8, 4) is 11.8 Å². The lowest BCUT2D eigenvalue weighted by Gasteiger charge is -2.24. The average molecular weight is 277 g/mol. The third-order valence-electron chi connectivity index (χ3n) is 3.32. The van der Waals surface area contributed by atoms with Crippen molar-refractivity contribution in [1.82, 2.24) is 4.90 Å². The highest BCUT2D eigenvalue weighted by Crippen LogP contribution is 2.13. The molecule has 0 bridgehead atoms. The fraction of sp³-hybridized carbons (Fsp3) is 0.529. The van der Waals surface area contributed by atoms with Crippen LogP contribution in [-0.2, 0) is 6.54 Å². The van der Waals surface area contributed by atoms with E-state index in [0.717, 1.165) is 18.4 Å². The predicted molar refractivity (Wildman–Crippen MR) is 80.8 cm³/mol. The van der Waals surface area contributed by atoms with E-state index in [4.69, 9.17) is 5.11 Å². The van der Waals surface area contributed by atoms with Gasteiger partial charge in [-0.3, -0.25) is 4.90 Å². The highest BCUT2D eigenvalue weighted by molar-refractivity contribution is 5.37. The van der Waals surface area contributed by atoms with E-state index in [2.05, 4.69) is 37.6 Å². The summed E-state index contributed by atoms with van der Waals surface area (Å²) < 4.78 is 13.6. The molecule has 0 saturated heterocycles. The highest BCUT2D eigenvalue weighted by atomic mass is 19.1. The van der Waals surface area contributed by atoms with Crippen LogP contribution in [0.2, 0.25) is 0 Å². The van der Waals surface area contributed by atoms with E-state index >= 15 is 0 Å². The molecule has 0 aromatic heterocycles. The monoisotopic (exact) mass is 277 g/mol. The molecule has 3 heteroatoms. The molecular weight excluding hydrogens is 253 g/mol. The third kappa shape index (κ3) is 5.73. The minimum Gasteiger partial charge on any atom is -0.395 e. The van der Waals surface area contributed by atoms with Crippen molar-refractivity contribution in [1.29, 1.82) is 0 Å². The molecule has 0 radical (unpaired) electrons. The van der Waals surface area contributed by atoms with Crippen LogP contribution in [0.1, 0.15) is 44.2 Å². The fourth-order valence-electron chi connectivity index (χ4n) is 2.12. The second-order valence-corrected chi connectivity index (χ2v) is 5.18. The molecule has 2 nitrogen and oxygen atoms in total. The summed E-state index contributed by atoms with van der Waals surface area (Å²) in [6.45, 7) is 5.10. The largest absolute Gasteiger partial charge is 0.395 e. The average Bonchev–Trinajstić information content (AvgIpc) is 2.38. The fourth-order valence-corrected chi connectivity index (χ4v) is 2.12. The molecule has 0 saturated carbocycles. The third-order valence-corrected chi connectivity index (χ3v) is 3.32. The molecule has 110 valence electrons. The summed E-state index contributed by atoms with van der Waals surface area (Å²) in [4.78, 5) is 2.23. The van der Waals surface area contributed by atoms with Crippen LogP contribution in [0.15, 0.2) is 18.2 Å². The number of rotatable bonds is 6. The minimum atomic E-state index is -0.257. The summed E-state index contributed by atoms with van der Waals surface area (Å²) in [6, 6.07) is 5.39. The van der Waals surface area contributed by atoms with Crippen LogP contribution in [0.4, 0.5) is 4.39 Å². The van der Waals surface area contributed by atoms with Gasteiger partial charge in [-0.25, -0.2) is 4.39 Å². The van der Waals surface area contributed by atoms with E-state index in [1.807, 2.05) is 6.07 Å². The van der Waals surface area contributed by atoms with Crippen LogP contribution in [-0.4, -0.2) is 29.7 Å². The predicted octanol–water partition coefficient (Wildman–Crippen LogP) is 3.18. The van der Waals surface area contributed by atoms with E-state index in [0.29, 0.717) is 24.6 Å². The Morgan fingerprint density at radius 2 is 2.10 bits per heavy atom. The molecule has 0 aliphatic heterocycles. The van der Waals surface area contributed by atoms with E-state index in [1.54, 1.807) is 6.07 Å². The van der Waals surface area contributed by atoms with Crippen LogP contribution >= 0.6 is 0 Å². The van der Waals surface area contributed by atoms with Gasteiger partial charge in [-0.05, 0) is 44.2 Å². The lowest BCUT2D eigenvalue weighted by atomic mass is 10.1. The number of halogens is 1. The van der Waals surface area contributed by atoms with Crippen molar-refractivity contribution in [2.75, 3.05) is 13.7 Å². The van der Waals surface area contributed by atoms with Crippen LogP contribution in [0.25, 0.3) is 0 Å². The number of nitrogens with zero attached hydrogens (tertiary/aromatic N) is 1. The number of benzene rings is 1. The Hall–Kier alpha value is -1.37. The van der Waals surface area contributed by atoms with Crippen molar-refractivity contribution >= 4 is 0 Å². The normalized spacial score (nSPS) is 12.1. The second-order valence-electron chi connectivity index (χ2n) is 5.18. The van der Waals surface area contributed by atoms with Crippen LogP contribution in [0.5, 0.6) is 0 Å². The van der Waals surface area contributed by atoms with Crippen molar-refractivity contribution < 1.29 is 9.50 Å². The van der Waals surface area contributed by atoms with Gasteiger partial charge in [0.05, 0.1) is 6.61 Å². The van der Waals surface area contributed by atoms with Crippen molar-refractivity contribution in [2.24, 2.45) is 0 Å². The first-order valence-corrected chi connectivity index (χ1v) is 7.16. The van der Waals surface area contributed by atoms with E-state index in [-0.39, 0.29) is 12.4 Å². The zero-order valence-corrected chi connectivity index (χ0v) is 12.6. The maximum atomic E-state index is 13.6. The second kappa shape index (κ2) is 8.73. The maximum absolute atomic E-state index is 13.6. The Labute approximate surface area is 121 Å². The van der Waals surface area contributed by atoms with Gasteiger partial charge in [-0.1, -0.05) is 25.2 Å². The smallest absolute Gasteiger partial charge is 0.124 e.